The Morgan fingerprint density at radius 2 is 2.17 bits per heavy atom. The van der Waals surface area contributed by atoms with Crippen molar-refractivity contribution in [1.29, 1.82) is 0 Å². The molecule has 1 fully saturated rings. The van der Waals surface area contributed by atoms with Crippen LogP contribution in [0, 0.1) is 0 Å². The molecular formula is C19H25NO3. The number of rotatable bonds is 5. The first kappa shape index (κ1) is 15.9. The van der Waals surface area contributed by atoms with E-state index in [1.807, 2.05) is 25.1 Å². The molecule has 2 aliphatic rings. The Balaban J connectivity index is 1.74. The third-order valence-corrected chi connectivity index (χ3v) is 4.44. The Labute approximate surface area is 137 Å². The van der Waals surface area contributed by atoms with Gasteiger partial charge in [-0.15, -0.1) is 0 Å². The van der Waals surface area contributed by atoms with Crippen molar-refractivity contribution >= 4 is 12.0 Å². The second-order valence-electron chi connectivity index (χ2n) is 6.39. The highest BCUT2D eigenvalue weighted by Crippen LogP contribution is 2.35. The number of hydrogen-bond donors (Lipinski definition) is 1. The maximum atomic E-state index is 12.1. The van der Waals surface area contributed by atoms with E-state index in [1.54, 1.807) is 6.08 Å². The van der Waals surface area contributed by atoms with Gasteiger partial charge in [-0.3, -0.25) is 4.79 Å². The zero-order valence-electron chi connectivity index (χ0n) is 13.9. The van der Waals surface area contributed by atoms with Gasteiger partial charge in [-0.05, 0) is 44.9 Å². The lowest BCUT2D eigenvalue weighted by Gasteiger charge is -2.11. The van der Waals surface area contributed by atoms with Crippen LogP contribution in [0.1, 0.15) is 50.7 Å². The number of benzene rings is 1. The summed E-state index contributed by atoms with van der Waals surface area (Å²) in [5, 5.41) is 3.06. The van der Waals surface area contributed by atoms with E-state index < -0.39 is 0 Å². The number of amides is 1. The van der Waals surface area contributed by atoms with Crippen LogP contribution in [0.25, 0.3) is 6.08 Å². The molecule has 0 saturated heterocycles. The van der Waals surface area contributed by atoms with Gasteiger partial charge in [0.25, 0.3) is 0 Å². The van der Waals surface area contributed by atoms with Crippen LogP contribution >= 0.6 is 0 Å². The molecule has 1 N–H and O–H groups in total. The molecule has 1 aliphatic carbocycles. The fourth-order valence-corrected chi connectivity index (χ4v) is 3.35. The Morgan fingerprint density at radius 1 is 1.39 bits per heavy atom. The molecule has 1 atom stereocenters. The second kappa shape index (κ2) is 7.07. The van der Waals surface area contributed by atoms with E-state index in [9.17, 15) is 4.79 Å². The van der Waals surface area contributed by atoms with Crippen molar-refractivity contribution in [2.24, 2.45) is 0 Å². The van der Waals surface area contributed by atoms with Gasteiger partial charge in [0, 0.05) is 29.7 Å². The Morgan fingerprint density at radius 3 is 2.91 bits per heavy atom. The van der Waals surface area contributed by atoms with Crippen LogP contribution in [0.3, 0.4) is 0 Å². The van der Waals surface area contributed by atoms with E-state index in [0.717, 1.165) is 36.3 Å². The Kier molecular flexibility index (Phi) is 4.89. The minimum absolute atomic E-state index is 0.0332. The maximum Gasteiger partial charge on any atom is 0.244 e. The summed E-state index contributed by atoms with van der Waals surface area (Å²) in [5.41, 5.74) is 2.06. The van der Waals surface area contributed by atoms with Crippen LogP contribution in [0.2, 0.25) is 0 Å². The van der Waals surface area contributed by atoms with E-state index >= 15 is 0 Å². The molecular weight excluding hydrogens is 290 g/mol. The van der Waals surface area contributed by atoms with Crippen LogP contribution in [0.4, 0.5) is 0 Å². The van der Waals surface area contributed by atoms with Crippen molar-refractivity contribution in [3.8, 4) is 11.5 Å². The van der Waals surface area contributed by atoms with Crippen molar-refractivity contribution in [3.05, 3.63) is 29.3 Å². The van der Waals surface area contributed by atoms with Crippen molar-refractivity contribution in [1.82, 2.24) is 5.32 Å². The first-order chi connectivity index (χ1) is 11.2. The number of hydrogen-bond acceptors (Lipinski definition) is 3. The average Bonchev–Trinajstić information content (AvgIpc) is 3.13. The largest absolute Gasteiger partial charge is 0.493 e. The number of carbonyl (C=O) groups excluding carboxylic acids is 1. The van der Waals surface area contributed by atoms with E-state index in [4.69, 9.17) is 9.47 Å². The van der Waals surface area contributed by atoms with E-state index in [1.165, 1.54) is 18.4 Å². The topological polar surface area (TPSA) is 47.6 Å². The summed E-state index contributed by atoms with van der Waals surface area (Å²) in [7, 11) is 0. The van der Waals surface area contributed by atoms with E-state index in [0.29, 0.717) is 12.6 Å². The van der Waals surface area contributed by atoms with Crippen LogP contribution in [0.15, 0.2) is 18.2 Å². The summed E-state index contributed by atoms with van der Waals surface area (Å²) in [5.74, 6) is 1.68. The standard InChI is InChI=1S/C19H25NO3/c1-3-22-17-12-15-10-13(2)23-18(15)11-14(17)8-9-19(21)20-16-6-4-5-7-16/h8-9,11-13,16H,3-7,10H2,1-2H3,(H,20,21)/b9-8+/t13-/m1/s1. The normalized spacial score (nSPS) is 20.5. The summed E-state index contributed by atoms with van der Waals surface area (Å²) in [6, 6.07) is 4.35. The summed E-state index contributed by atoms with van der Waals surface area (Å²) in [6.45, 7) is 4.63. The molecule has 4 heteroatoms. The molecule has 0 radical (unpaired) electrons. The Bertz CT molecular complexity index is 603. The minimum Gasteiger partial charge on any atom is -0.493 e. The van der Waals surface area contributed by atoms with Crippen molar-refractivity contribution in [2.75, 3.05) is 6.61 Å². The smallest absolute Gasteiger partial charge is 0.244 e. The van der Waals surface area contributed by atoms with Crippen molar-refractivity contribution in [2.45, 2.75) is 58.1 Å². The van der Waals surface area contributed by atoms with Gasteiger partial charge in [0.2, 0.25) is 5.91 Å². The molecule has 1 saturated carbocycles. The molecule has 1 aromatic carbocycles. The quantitative estimate of drug-likeness (QED) is 0.846. The average molecular weight is 315 g/mol. The lowest BCUT2D eigenvalue weighted by atomic mass is 10.1. The molecule has 1 aromatic rings. The van der Waals surface area contributed by atoms with Gasteiger partial charge in [-0.2, -0.15) is 0 Å². The first-order valence-electron chi connectivity index (χ1n) is 8.60. The number of ether oxygens (including phenoxy) is 2. The minimum atomic E-state index is -0.0332. The molecule has 3 rings (SSSR count). The van der Waals surface area contributed by atoms with E-state index in [-0.39, 0.29) is 12.0 Å². The molecule has 1 heterocycles. The Hall–Kier alpha value is -1.97. The highest BCUT2D eigenvalue weighted by molar-refractivity contribution is 5.92. The van der Waals surface area contributed by atoms with Crippen molar-refractivity contribution < 1.29 is 14.3 Å². The predicted molar refractivity (Wildman–Crippen MR) is 90.8 cm³/mol. The predicted octanol–water partition coefficient (Wildman–Crippen LogP) is 3.48. The third kappa shape index (κ3) is 3.87. The molecule has 0 unspecified atom stereocenters. The molecule has 0 spiro atoms. The number of carbonyl (C=O) groups is 1. The summed E-state index contributed by atoms with van der Waals surface area (Å²) in [4.78, 5) is 12.1. The van der Waals surface area contributed by atoms with E-state index in [2.05, 4.69) is 12.2 Å². The van der Waals surface area contributed by atoms with Crippen LogP contribution in [0.5, 0.6) is 11.5 Å². The molecule has 0 aromatic heterocycles. The number of fused-ring (bicyclic) bond motifs is 1. The van der Waals surface area contributed by atoms with Crippen LogP contribution < -0.4 is 14.8 Å². The van der Waals surface area contributed by atoms with Crippen LogP contribution in [-0.4, -0.2) is 24.7 Å². The van der Waals surface area contributed by atoms with Gasteiger partial charge >= 0.3 is 0 Å². The molecule has 0 bridgehead atoms. The first-order valence-corrected chi connectivity index (χ1v) is 8.60. The highest BCUT2D eigenvalue weighted by Gasteiger charge is 2.21. The molecule has 124 valence electrons. The maximum absolute atomic E-state index is 12.1. The lowest BCUT2D eigenvalue weighted by molar-refractivity contribution is -0.117. The monoisotopic (exact) mass is 315 g/mol. The second-order valence-corrected chi connectivity index (χ2v) is 6.39. The van der Waals surface area contributed by atoms with Crippen LogP contribution in [-0.2, 0) is 11.2 Å². The SMILES string of the molecule is CCOc1cc2c(cc1/C=C/C(=O)NC1CCCC1)O[C@H](C)C2. The van der Waals surface area contributed by atoms with Gasteiger partial charge in [-0.25, -0.2) is 0 Å². The third-order valence-electron chi connectivity index (χ3n) is 4.44. The summed E-state index contributed by atoms with van der Waals surface area (Å²) in [6.07, 6.45) is 9.13. The molecule has 1 aliphatic heterocycles. The van der Waals surface area contributed by atoms with Gasteiger partial charge in [-0.1, -0.05) is 12.8 Å². The van der Waals surface area contributed by atoms with Gasteiger partial charge < -0.3 is 14.8 Å². The van der Waals surface area contributed by atoms with Crippen molar-refractivity contribution in [3.63, 3.8) is 0 Å². The number of nitrogens with one attached hydrogen (secondary N) is 1. The van der Waals surface area contributed by atoms with Gasteiger partial charge in [0.15, 0.2) is 0 Å². The molecule has 4 nitrogen and oxygen atoms in total. The fourth-order valence-electron chi connectivity index (χ4n) is 3.35. The fraction of sp³-hybridized carbons (Fsp3) is 0.526. The lowest BCUT2D eigenvalue weighted by Crippen LogP contribution is -2.30. The zero-order chi connectivity index (χ0) is 16.2. The van der Waals surface area contributed by atoms with Gasteiger partial charge in [0.1, 0.15) is 17.6 Å². The molecule has 23 heavy (non-hydrogen) atoms. The summed E-state index contributed by atoms with van der Waals surface area (Å²) >= 11 is 0. The molecule has 1 amide bonds. The summed E-state index contributed by atoms with van der Waals surface area (Å²) < 4.78 is 11.5. The highest BCUT2D eigenvalue weighted by atomic mass is 16.5. The van der Waals surface area contributed by atoms with Gasteiger partial charge in [0.05, 0.1) is 6.61 Å². The zero-order valence-corrected chi connectivity index (χ0v) is 13.9.